The van der Waals surface area contributed by atoms with Crippen LogP contribution in [-0.2, 0) is 23.2 Å². The molecule has 0 fully saturated rings. The molecule has 0 spiro atoms. The van der Waals surface area contributed by atoms with Gasteiger partial charge in [-0.05, 0) is 31.0 Å². The second-order valence-electron chi connectivity index (χ2n) is 5.30. The third kappa shape index (κ3) is 6.01. The number of hydrogen-bond acceptors (Lipinski definition) is 4. The molecule has 1 aromatic carbocycles. The van der Waals surface area contributed by atoms with Gasteiger partial charge in [0, 0.05) is 22.8 Å². The summed E-state index contributed by atoms with van der Waals surface area (Å²) in [7, 11) is 0. The van der Waals surface area contributed by atoms with Crippen molar-refractivity contribution in [3.05, 3.63) is 50.4 Å². The summed E-state index contributed by atoms with van der Waals surface area (Å²) in [6.07, 6.45) is 1.67. The number of amides is 1. The highest BCUT2D eigenvalue weighted by Gasteiger charge is 2.30. The Morgan fingerprint density at radius 3 is 2.50 bits per heavy atom. The lowest BCUT2D eigenvalue weighted by molar-refractivity contribution is -0.126. The summed E-state index contributed by atoms with van der Waals surface area (Å²) in [5, 5.41) is 6.07. The van der Waals surface area contributed by atoms with Crippen LogP contribution >= 0.6 is 52.1 Å². The maximum Gasteiger partial charge on any atom is 0.244 e. The van der Waals surface area contributed by atoms with Gasteiger partial charge in [-0.1, -0.05) is 35.0 Å². The standard InChI is InChI=1S/C16H20BrN3OS.2ClH/c1-3-14-20-13(10-22-14)8-9-19-15(21)16(2,18)11-4-6-12(17)7-5-11;;/h4-7,10H,3,8-9,18H2,1-2H3,(H,19,21);2*1H. The second kappa shape index (κ2) is 10.4. The molecule has 0 aliphatic rings. The van der Waals surface area contributed by atoms with Crippen LogP contribution in [0.3, 0.4) is 0 Å². The SMILES string of the molecule is CCc1nc(CCNC(=O)C(C)(N)c2ccc(Br)cc2)cs1.Cl.Cl. The van der Waals surface area contributed by atoms with Crippen molar-refractivity contribution in [2.75, 3.05) is 6.54 Å². The molecule has 0 radical (unpaired) electrons. The van der Waals surface area contributed by atoms with Crippen molar-refractivity contribution in [3.63, 3.8) is 0 Å². The Balaban J connectivity index is 0.00000264. The first-order valence-corrected chi connectivity index (χ1v) is 8.87. The molecule has 1 amide bonds. The van der Waals surface area contributed by atoms with Gasteiger partial charge in [0.2, 0.25) is 5.91 Å². The van der Waals surface area contributed by atoms with E-state index in [1.807, 2.05) is 29.6 Å². The van der Waals surface area contributed by atoms with Crippen LogP contribution in [0.4, 0.5) is 0 Å². The average Bonchev–Trinajstić information content (AvgIpc) is 2.95. The zero-order valence-electron chi connectivity index (χ0n) is 13.5. The lowest BCUT2D eigenvalue weighted by atomic mass is 9.92. The normalized spacial score (nSPS) is 12.5. The molecular formula is C16H22BrCl2N3OS. The Hall–Kier alpha value is -0.660. The third-order valence-corrected chi connectivity index (χ3v) is 5.05. The van der Waals surface area contributed by atoms with E-state index in [1.165, 1.54) is 0 Å². The number of carbonyl (C=O) groups is 1. The number of nitrogens with two attached hydrogens (primary N) is 1. The molecule has 1 aromatic heterocycles. The first kappa shape index (κ1) is 23.3. The fourth-order valence-electron chi connectivity index (χ4n) is 2.04. The molecule has 2 rings (SSSR count). The summed E-state index contributed by atoms with van der Waals surface area (Å²) in [6.45, 7) is 4.35. The van der Waals surface area contributed by atoms with E-state index in [4.69, 9.17) is 5.73 Å². The van der Waals surface area contributed by atoms with E-state index in [0.29, 0.717) is 6.54 Å². The van der Waals surface area contributed by atoms with Crippen LogP contribution in [0.15, 0.2) is 34.1 Å². The van der Waals surface area contributed by atoms with E-state index in [9.17, 15) is 4.79 Å². The zero-order chi connectivity index (χ0) is 16.2. The van der Waals surface area contributed by atoms with Crippen LogP contribution in [0.5, 0.6) is 0 Å². The van der Waals surface area contributed by atoms with Crippen molar-refractivity contribution >= 4 is 58.0 Å². The Morgan fingerprint density at radius 2 is 1.96 bits per heavy atom. The topological polar surface area (TPSA) is 68.0 Å². The number of hydrogen-bond donors (Lipinski definition) is 2. The molecule has 1 atom stereocenters. The summed E-state index contributed by atoms with van der Waals surface area (Å²) < 4.78 is 0.961. The monoisotopic (exact) mass is 453 g/mol. The largest absolute Gasteiger partial charge is 0.354 e. The van der Waals surface area contributed by atoms with E-state index in [-0.39, 0.29) is 30.7 Å². The van der Waals surface area contributed by atoms with E-state index in [0.717, 1.165) is 33.6 Å². The van der Waals surface area contributed by atoms with Gasteiger partial charge >= 0.3 is 0 Å². The number of benzene rings is 1. The maximum absolute atomic E-state index is 12.3. The number of rotatable bonds is 6. The average molecular weight is 455 g/mol. The summed E-state index contributed by atoms with van der Waals surface area (Å²) in [4.78, 5) is 16.8. The van der Waals surface area contributed by atoms with Gasteiger partial charge in [-0.15, -0.1) is 36.2 Å². The summed E-state index contributed by atoms with van der Waals surface area (Å²) in [6, 6.07) is 7.49. The van der Waals surface area contributed by atoms with Gasteiger partial charge in [-0.25, -0.2) is 4.98 Å². The summed E-state index contributed by atoms with van der Waals surface area (Å²) in [5.41, 5.74) is 6.96. The fraction of sp³-hybridized carbons (Fsp3) is 0.375. The Labute approximate surface area is 167 Å². The highest BCUT2D eigenvalue weighted by atomic mass is 79.9. The van der Waals surface area contributed by atoms with Crippen LogP contribution in [0.2, 0.25) is 0 Å². The number of aromatic nitrogens is 1. The van der Waals surface area contributed by atoms with Crippen LogP contribution in [0.1, 0.15) is 30.1 Å². The van der Waals surface area contributed by atoms with Crippen LogP contribution in [0.25, 0.3) is 0 Å². The number of halogens is 3. The highest BCUT2D eigenvalue weighted by Crippen LogP contribution is 2.20. The maximum atomic E-state index is 12.3. The van der Waals surface area contributed by atoms with Gasteiger partial charge < -0.3 is 11.1 Å². The van der Waals surface area contributed by atoms with Gasteiger partial charge in [0.15, 0.2) is 0 Å². The Morgan fingerprint density at radius 1 is 1.33 bits per heavy atom. The van der Waals surface area contributed by atoms with Gasteiger partial charge in [0.1, 0.15) is 5.54 Å². The molecule has 0 saturated carbocycles. The fourth-order valence-corrected chi connectivity index (χ4v) is 3.08. The predicted octanol–water partition coefficient (Wildman–Crippen LogP) is 3.84. The number of nitrogens with one attached hydrogen (secondary N) is 1. The van der Waals surface area contributed by atoms with Gasteiger partial charge in [0.05, 0.1) is 10.7 Å². The molecule has 3 N–H and O–H groups in total. The molecule has 24 heavy (non-hydrogen) atoms. The molecule has 8 heteroatoms. The Kier molecular flexibility index (Phi) is 10.1. The van der Waals surface area contributed by atoms with Crippen molar-refractivity contribution in [3.8, 4) is 0 Å². The quantitative estimate of drug-likeness (QED) is 0.696. The smallest absolute Gasteiger partial charge is 0.244 e. The van der Waals surface area contributed by atoms with Crippen molar-refractivity contribution in [1.29, 1.82) is 0 Å². The van der Waals surface area contributed by atoms with Crippen LogP contribution in [0, 0.1) is 0 Å². The molecule has 0 aliphatic carbocycles. The minimum atomic E-state index is -1.04. The number of aryl methyl sites for hydroxylation is 1. The molecule has 0 bridgehead atoms. The van der Waals surface area contributed by atoms with Gasteiger partial charge in [0.25, 0.3) is 0 Å². The lowest BCUT2D eigenvalue weighted by Crippen LogP contribution is -2.49. The van der Waals surface area contributed by atoms with Crippen molar-refractivity contribution < 1.29 is 4.79 Å². The van der Waals surface area contributed by atoms with Crippen molar-refractivity contribution in [2.45, 2.75) is 32.2 Å². The van der Waals surface area contributed by atoms with Crippen molar-refractivity contribution in [1.82, 2.24) is 10.3 Å². The molecule has 4 nitrogen and oxygen atoms in total. The van der Waals surface area contributed by atoms with E-state index >= 15 is 0 Å². The van der Waals surface area contributed by atoms with Crippen LogP contribution < -0.4 is 11.1 Å². The van der Waals surface area contributed by atoms with Crippen molar-refractivity contribution in [2.24, 2.45) is 5.73 Å². The number of nitrogens with zero attached hydrogens (tertiary/aromatic N) is 1. The Bertz CT molecular complexity index is 647. The predicted molar refractivity (Wildman–Crippen MR) is 108 cm³/mol. The molecule has 0 saturated heterocycles. The first-order valence-electron chi connectivity index (χ1n) is 7.20. The zero-order valence-corrected chi connectivity index (χ0v) is 17.6. The molecule has 134 valence electrons. The molecule has 1 unspecified atom stereocenters. The molecule has 1 heterocycles. The van der Waals surface area contributed by atoms with Gasteiger partial charge in [-0.3, -0.25) is 4.79 Å². The lowest BCUT2D eigenvalue weighted by Gasteiger charge is -2.24. The molecular weight excluding hydrogens is 433 g/mol. The number of thiazole rings is 1. The second-order valence-corrected chi connectivity index (χ2v) is 7.16. The third-order valence-electron chi connectivity index (χ3n) is 3.48. The molecule has 0 aliphatic heterocycles. The van der Waals surface area contributed by atoms with E-state index < -0.39 is 5.54 Å². The number of carbonyl (C=O) groups excluding carboxylic acids is 1. The first-order chi connectivity index (χ1) is 10.4. The van der Waals surface area contributed by atoms with E-state index in [2.05, 4.69) is 33.2 Å². The molecule has 2 aromatic rings. The van der Waals surface area contributed by atoms with E-state index in [1.54, 1.807) is 18.3 Å². The summed E-state index contributed by atoms with van der Waals surface area (Å²) >= 11 is 5.04. The summed E-state index contributed by atoms with van der Waals surface area (Å²) in [5.74, 6) is -0.180. The minimum Gasteiger partial charge on any atom is -0.354 e. The highest BCUT2D eigenvalue weighted by molar-refractivity contribution is 9.10. The van der Waals surface area contributed by atoms with Crippen LogP contribution in [-0.4, -0.2) is 17.4 Å². The van der Waals surface area contributed by atoms with Gasteiger partial charge in [-0.2, -0.15) is 0 Å². The minimum absolute atomic E-state index is 0.